The molecule has 25 heavy (non-hydrogen) atoms. The van der Waals surface area contributed by atoms with Crippen molar-refractivity contribution in [2.24, 2.45) is 17.6 Å². The number of nitrogens with zero attached hydrogens (tertiary/aromatic N) is 2. The zero-order valence-corrected chi connectivity index (χ0v) is 14.0. The van der Waals surface area contributed by atoms with Crippen molar-refractivity contribution in [3.8, 4) is 0 Å². The maximum absolute atomic E-state index is 13.0. The van der Waals surface area contributed by atoms with Crippen LogP contribution < -0.4 is 5.73 Å². The molecule has 0 aromatic heterocycles. The van der Waals surface area contributed by atoms with E-state index in [0.717, 1.165) is 5.56 Å². The predicted octanol–water partition coefficient (Wildman–Crippen LogP) is 0.898. The van der Waals surface area contributed by atoms with Gasteiger partial charge in [0.05, 0.1) is 5.92 Å². The van der Waals surface area contributed by atoms with Gasteiger partial charge in [-0.1, -0.05) is 12.1 Å². The van der Waals surface area contributed by atoms with Gasteiger partial charge in [0.2, 0.25) is 17.7 Å². The maximum Gasteiger partial charge on any atom is 0.227 e. The highest BCUT2D eigenvalue weighted by Gasteiger charge is 2.37. The van der Waals surface area contributed by atoms with Crippen LogP contribution in [0.4, 0.5) is 4.39 Å². The summed E-state index contributed by atoms with van der Waals surface area (Å²) >= 11 is 0. The first-order valence-electron chi connectivity index (χ1n) is 8.54. The second-order valence-corrected chi connectivity index (χ2v) is 6.80. The number of likely N-dealkylation sites (tertiary alicyclic amines) is 2. The fourth-order valence-electron chi connectivity index (χ4n) is 3.54. The van der Waals surface area contributed by atoms with Gasteiger partial charge in [-0.25, -0.2) is 4.39 Å². The van der Waals surface area contributed by atoms with E-state index in [1.165, 1.54) is 12.1 Å². The van der Waals surface area contributed by atoms with E-state index in [0.29, 0.717) is 39.0 Å². The number of amides is 3. The third kappa shape index (κ3) is 3.97. The van der Waals surface area contributed by atoms with Crippen molar-refractivity contribution < 1.29 is 18.8 Å². The lowest BCUT2D eigenvalue weighted by Crippen LogP contribution is -2.44. The molecule has 2 fully saturated rings. The van der Waals surface area contributed by atoms with E-state index in [-0.39, 0.29) is 41.8 Å². The number of benzene rings is 1. The molecule has 0 aliphatic carbocycles. The minimum absolute atomic E-state index is 0.0297. The van der Waals surface area contributed by atoms with E-state index in [2.05, 4.69) is 0 Å². The molecule has 2 saturated heterocycles. The Bertz CT molecular complexity index is 669. The van der Waals surface area contributed by atoms with Gasteiger partial charge in [-0.3, -0.25) is 14.4 Å². The van der Waals surface area contributed by atoms with Gasteiger partial charge in [-0.2, -0.15) is 0 Å². The lowest BCUT2D eigenvalue weighted by molar-refractivity contribution is -0.138. The molecule has 0 spiro atoms. The van der Waals surface area contributed by atoms with Crippen LogP contribution in [0.15, 0.2) is 24.3 Å². The zero-order chi connectivity index (χ0) is 18.0. The first-order chi connectivity index (χ1) is 11.9. The normalized spacial score (nSPS) is 21.6. The Morgan fingerprint density at radius 1 is 1.12 bits per heavy atom. The van der Waals surface area contributed by atoms with Crippen LogP contribution in [-0.2, 0) is 20.9 Å². The van der Waals surface area contributed by atoms with Crippen molar-refractivity contribution in [1.82, 2.24) is 9.80 Å². The lowest BCUT2D eigenvalue weighted by atomic mass is 9.95. The van der Waals surface area contributed by atoms with Crippen LogP contribution in [0.1, 0.15) is 24.8 Å². The Morgan fingerprint density at radius 3 is 2.36 bits per heavy atom. The van der Waals surface area contributed by atoms with Crippen molar-refractivity contribution in [3.63, 3.8) is 0 Å². The van der Waals surface area contributed by atoms with Crippen LogP contribution in [0.25, 0.3) is 0 Å². The summed E-state index contributed by atoms with van der Waals surface area (Å²) in [6.07, 6.45) is 1.37. The molecule has 0 bridgehead atoms. The second-order valence-electron chi connectivity index (χ2n) is 6.80. The van der Waals surface area contributed by atoms with Gasteiger partial charge in [0, 0.05) is 38.5 Å². The summed E-state index contributed by atoms with van der Waals surface area (Å²) in [5, 5.41) is 0. The van der Waals surface area contributed by atoms with E-state index in [1.54, 1.807) is 21.9 Å². The average molecular weight is 347 g/mol. The van der Waals surface area contributed by atoms with E-state index in [4.69, 9.17) is 5.73 Å². The standard InChI is InChI=1S/C18H22FN3O3/c19-15-3-1-12(2-4-15)10-22-11-14(9-16(22)23)18(25)21-7-5-13(6-8-21)17(20)24/h1-4,13-14H,5-11H2,(H2,20,24)/t14-/m0/s1. The number of rotatable bonds is 4. The molecule has 0 radical (unpaired) electrons. The number of piperidine rings is 1. The van der Waals surface area contributed by atoms with Crippen molar-refractivity contribution in [2.45, 2.75) is 25.8 Å². The number of carbonyl (C=O) groups is 3. The maximum atomic E-state index is 13.0. The molecule has 1 aromatic rings. The van der Waals surface area contributed by atoms with Crippen LogP contribution in [0.2, 0.25) is 0 Å². The van der Waals surface area contributed by atoms with Crippen molar-refractivity contribution in [1.29, 1.82) is 0 Å². The number of primary amides is 1. The third-order valence-corrected chi connectivity index (χ3v) is 5.06. The molecule has 0 saturated carbocycles. The highest BCUT2D eigenvalue weighted by atomic mass is 19.1. The van der Waals surface area contributed by atoms with E-state index < -0.39 is 0 Å². The SMILES string of the molecule is NC(=O)C1CCN(C(=O)[C@H]2CC(=O)N(Cc3ccc(F)cc3)C2)CC1. The monoisotopic (exact) mass is 347 g/mol. The van der Waals surface area contributed by atoms with Gasteiger partial charge in [-0.15, -0.1) is 0 Å². The molecular weight excluding hydrogens is 325 g/mol. The topological polar surface area (TPSA) is 83.7 Å². The summed E-state index contributed by atoms with van der Waals surface area (Å²) < 4.78 is 13.0. The number of halogens is 1. The highest BCUT2D eigenvalue weighted by molar-refractivity contribution is 5.89. The second kappa shape index (κ2) is 7.21. The van der Waals surface area contributed by atoms with Gasteiger partial charge < -0.3 is 15.5 Å². The first kappa shape index (κ1) is 17.4. The Hall–Kier alpha value is -2.44. The molecular formula is C18H22FN3O3. The molecule has 3 rings (SSSR count). The summed E-state index contributed by atoms with van der Waals surface area (Å²) in [6.45, 7) is 1.78. The van der Waals surface area contributed by atoms with E-state index in [9.17, 15) is 18.8 Å². The molecule has 2 heterocycles. The molecule has 2 aliphatic rings. The largest absolute Gasteiger partial charge is 0.369 e. The Kier molecular flexibility index (Phi) is 5.01. The van der Waals surface area contributed by atoms with Crippen molar-refractivity contribution >= 4 is 17.7 Å². The van der Waals surface area contributed by atoms with Gasteiger partial charge >= 0.3 is 0 Å². The van der Waals surface area contributed by atoms with Gasteiger partial charge in [0.25, 0.3) is 0 Å². The van der Waals surface area contributed by atoms with Crippen LogP contribution in [0, 0.1) is 17.7 Å². The van der Waals surface area contributed by atoms with Crippen LogP contribution in [0.3, 0.4) is 0 Å². The highest BCUT2D eigenvalue weighted by Crippen LogP contribution is 2.25. The van der Waals surface area contributed by atoms with Crippen LogP contribution in [-0.4, -0.2) is 47.2 Å². The number of hydrogen-bond donors (Lipinski definition) is 1. The molecule has 2 N–H and O–H groups in total. The van der Waals surface area contributed by atoms with Crippen molar-refractivity contribution in [3.05, 3.63) is 35.6 Å². The van der Waals surface area contributed by atoms with Gasteiger partial charge in [-0.05, 0) is 30.5 Å². The van der Waals surface area contributed by atoms with Crippen molar-refractivity contribution in [2.75, 3.05) is 19.6 Å². The molecule has 3 amide bonds. The molecule has 2 aliphatic heterocycles. The fraction of sp³-hybridized carbons (Fsp3) is 0.500. The van der Waals surface area contributed by atoms with Crippen LogP contribution in [0.5, 0.6) is 0 Å². The van der Waals surface area contributed by atoms with Crippen LogP contribution >= 0.6 is 0 Å². The summed E-state index contributed by atoms with van der Waals surface area (Å²) in [5.74, 6) is -1.23. The summed E-state index contributed by atoms with van der Waals surface area (Å²) in [7, 11) is 0. The molecule has 1 aromatic carbocycles. The van der Waals surface area contributed by atoms with Gasteiger partial charge in [0.1, 0.15) is 5.82 Å². The summed E-state index contributed by atoms with van der Waals surface area (Å²) in [4.78, 5) is 39.4. The minimum atomic E-state index is -0.349. The smallest absolute Gasteiger partial charge is 0.227 e. The minimum Gasteiger partial charge on any atom is -0.369 e. The van der Waals surface area contributed by atoms with Gasteiger partial charge in [0.15, 0.2) is 0 Å². The summed E-state index contributed by atoms with van der Waals surface area (Å²) in [5.41, 5.74) is 6.15. The molecule has 134 valence electrons. The molecule has 7 heteroatoms. The fourth-order valence-corrected chi connectivity index (χ4v) is 3.54. The number of carbonyl (C=O) groups excluding carboxylic acids is 3. The Morgan fingerprint density at radius 2 is 1.76 bits per heavy atom. The lowest BCUT2D eigenvalue weighted by Gasteiger charge is -2.32. The van der Waals surface area contributed by atoms with E-state index in [1.807, 2.05) is 0 Å². The summed E-state index contributed by atoms with van der Waals surface area (Å²) in [6, 6.07) is 6.02. The molecule has 6 nitrogen and oxygen atoms in total. The third-order valence-electron chi connectivity index (χ3n) is 5.06. The predicted molar refractivity (Wildman–Crippen MR) is 88.4 cm³/mol. The molecule has 0 unspecified atom stereocenters. The number of hydrogen-bond acceptors (Lipinski definition) is 3. The molecule has 1 atom stereocenters. The Balaban J connectivity index is 1.56. The first-order valence-corrected chi connectivity index (χ1v) is 8.54. The Labute approximate surface area is 145 Å². The zero-order valence-electron chi connectivity index (χ0n) is 14.0. The number of nitrogens with two attached hydrogens (primary N) is 1. The quantitative estimate of drug-likeness (QED) is 0.878. The average Bonchev–Trinajstić information content (AvgIpc) is 2.97. The van der Waals surface area contributed by atoms with E-state index >= 15 is 0 Å².